The summed E-state index contributed by atoms with van der Waals surface area (Å²) in [5, 5.41) is 10.2. The van der Waals surface area contributed by atoms with Crippen molar-refractivity contribution in [2.24, 2.45) is 0 Å². The fraction of sp³-hybridized carbons (Fsp3) is 0.0952. The Morgan fingerprint density at radius 2 is 1.82 bits per heavy atom. The molecule has 5 nitrogen and oxygen atoms in total. The number of hydrogen-bond acceptors (Lipinski definition) is 5. The van der Waals surface area contributed by atoms with Crippen molar-refractivity contribution in [2.75, 3.05) is 0 Å². The lowest BCUT2D eigenvalue weighted by Crippen LogP contribution is -2.00. The Balaban J connectivity index is 1.52. The van der Waals surface area contributed by atoms with Gasteiger partial charge in [-0.3, -0.25) is 4.57 Å². The number of oxazole rings is 1. The van der Waals surface area contributed by atoms with Gasteiger partial charge in [0.1, 0.15) is 0 Å². The number of allylic oxidation sites excluding steroid dienone is 1. The summed E-state index contributed by atoms with van der Waals surface area (Å²) in [6, 6.07) is 17.5. The van der Waals surface area contributed by atoms with Crippen molar-refractivity contribution in [1.82, 2.24) is 19.7 Å². The quantitative estimate of drug-likeness (QED) is 0.288. The van der Waals surface area contributed by atoms with Crippen LogP contribution < -0.4 is 0 Å². The van der Waals surface area contributed by atoms with E-state index in [1.165, 1.54) is 11.8 Å². The molecule has 0 unspecified atom stereocenters. The van der Waals surface area contributed by atoms with E-state index in [4.69, 9.17) is 16.0 Å². The van der Waals surface area contributed by atoms with Gasteiger partial charge in [0.2, 0.25) is 5.89 Å². The second-order valence-electron chi connectivity index (χ2n) is 5.99. The van der Waals surface area contributed by atoms with Crippen molar-refractivity contribution in [3.8, 4) is 22.7 Å². The Bertz CT molecular complexity index is 1070. The highest BCUT2D eigenvalue weighted by atomic mass is 35.5. The van der Waals surface area contributed by atoms with Gasteiger partial charge in [-0.05, 0) is 24.3 Å². The van der Waals surface area contributed by atoms with Crippen LogP contribution in [-0.4, -0.2) is 19.7 Å². The van der Waals surface area contributed by atoms with E-state index in [1.807, 2.05) is 65.2 Å². The largest absolute Gasteiger partial charge is 0.440 e. The molecule has 0 spiro atoms. The molecular weight excluding hydrogens is 392 g/mol. The smallest absolute Gasteiger partial charge is 0.205 e. The zero-order valence-electron chi connectivity index (χ0n) is 15.0. The summed E-state index contributed by atoms with van der Waals surface area (Å²) in [6.07, 6.45) is 3.56. The molecule has 0 saturated carbocycles. The fourth-order valence-corrected chi connectivity index (χ4v) is 3.67. The van der Waals surface area contributed by atoms with Gasteiger partial charge in [-0.25, -0.2) is 4.98 Å². The number of hydrogen-bond donors (Lipinski definition) is 0. The third-order valence-electron chi connectivity index (χ3n) is 4.07. The summed E-state index contributed by atoms with van der Waals surface area (Å²) in [5.74, 6) is 2.71. The topological polar surface area (TPSA) is 56.7 Å². The molecule has 0 saturated heterocycles. The highest BCUT2D eigenvalue weighted by Crippen LogP contribution is 2.28. The normalized spacial score (nSPS) is 10.9. The molecular formula is C21H17ClN4OS. The Morgan fingerprint density at radius 1 is 1.04 bits per heavy atom. The van der Waals surface area contributed by atoms with Crippen LogP contribution in [-0.2, 0) is 12.3 Å². The van der Waals surface area contributed by atoms with Gasteiger partial charge >= 0.3 is 0 Å². The van der Waals surface area contributed by atoms with Crippen molar-refractivity contribution in [2.45, 2.75) is 17.5 Å². The monoisotopic (exact) mass is 408 g/mol. The fourth-order valence-electron chi connectivity index (χ4n) is 2.74. The summed E-state index contributed by atoms with van der Waals surface area (Å²) in [5.41, 5.74) is 1.96. The molecule has 4 aromatic rings. The van der Waals surface area contributed by atoms with Crippen molar-refractivity contribution in [1.29, 1.82) is 0 Å². The van der Waals surface area contributed by atoms with Gasteiger partial charge in [0.05, 0.1) is 11.9 Å². The molecule has 0 amide bonds. The van der Waals surface area contributed by atoms with Gasteiger partial charge in [-0.2, -0.15) is 0 Å². The predicted molar refractivity (Wildman–Crippen MR) is 112 cm³/mol. The first-order valence-electron chi connectivity index (χ1n) is 8.67. The molecule has 140 valence electrons. The number of rotatable bonds is 7. The molecule has 0 aliphatic carbocycles. The number of nitrogens with zero attached hydrogens (tertiary/aromatic N) is 4. The Labute approximate surface area is 172 Å². The van der Waals surface area contributed by atoms with E-state index >= 15 is 0 Å². The minimum absolute atomic E-state index is 0.553. The molecule has 0 aliphatic heterocycles. The highest BCUT2D eigenvalue weighted by Gasteiger charge is 2.15. The van der Waals surface area contributed by atoms with E-state index in [2.05, 4.69) is 21.8 Å². The first-order chi connectivity index (χ1) is 13.7. The van der Waals surface area contributed by atoms with Gasteiger partial charge in [0.15, 0.2) is 16.7 Å². The molecule has 0 fully saturated rings. The van der Waals surface area contributed by atoms with E-state index in [-0.39, 0.29) is 0 Å². The summed E-state index contributed by atoms with van der Waals surface area (Å²) < 4.78 is 7.91. The Hall–Kier alpha value is -2.83. The molecule has 2 aromatic heterocycles. The number of benzene rings is 2. The molecule has 0 atom stereocenters. The third kappa shape index (κ3) is 4.03. The van der Waals surface area contributed by atoms with E-state index in [1.54, 1.807) is 6.20 Å². The molecule has 0 aliphatic rings. The summed E-state index contributed by atoms with van der Waals surface area (Å²) in [7, 11) is 0. The molecule has 0 N–H and O–H groups in total. The number of halogens is 1. The summed E-state index contributed by atoms with van der Waals surface area (Å²) in [6.45, 7) is 4.47. The molecule has 7 heteroatoms. The lowest BCUT2D eigenvalue weighted by atomic mass is 10.2. The first-order valence-corrected chi connectivity index (χ1v) is 10.0. The Morgan fingerprint density at radius 3 is 2.57 bits per heavy atom. The second kappa shape index (κ2) is 8.46. The molecule has 2 heterocycles. The highest BCUT2D eigenvalue weighted by molar-refractivity contribution is 7.98. The SMILES string of the molecule is C=CCn1c(SCc2ncc(-c3ccc(Cl)cc3)o2)nnc1-c1ccccc1. The standard InChI is InChI=1S/C21H17ClN4OS/c1-2-12-26-20(16-6-4-3-5-7-16)24-25-21(26)28-14-19-23-13-18(27-19)15-8-10-17(22)11-9-15/h2-11,13H,1,12,14H2. The van der Waals surface area contributed by atoms with Crippen molar-refractivity contribution in [3.05, 3.63) is 84.4 Å². The van der Waals surface area contributed by atoms with E-state index in [0.717, 1.165) is 22.1 Å². The van der Waals surface area contributed by atoms with Gasteiger partial charge in [0.25, 0.3) is 0 Å². The molecule has 28 heavy (non-hydrogen) atoms. The van der Waals surface area contributed by atoms with Crippen LogP contribution in [0, 0.1) is 0 Å². The summed E-state index contributed by atoms with van der Waals surface area (Å²) >= 11 is 7.47. The maximum atomic E-state index is 5.94. The van der Waals surface area contributed by atoms with Gasteiger partial charge in [0, 0.05) is 22.7 Å². The molecule has 4 rings (SSSR count). The van der Waals surface area contributed by atoms with Crippen LogP contribution >= 0.6 is 23.4 Å². The van der Waals surface area contributed by atoms with Gasteiger partial charge in [-0.15, -0.1) is 16.8 Å². The maximum Gasteiger partial charge on any atom is 0.205 e. The average molecular weight is 409 g/mol. The molecule has 2 aromatic carbocycles. The summed E-state index contributed by atoms with van der Waals surface area (Å²) in [4.78, 5) is 4.37. The minimum atomic E-state index is 0.553. The van der Waals surface area contributed by atoms with E-state index in [0.29, 0.717) is 29.0 Å². The van der Waals surface area contributed by atoms with Crippen molar-refractivity contribution >= 4 is 23.4 Å². The minimum Gasteiger partial charge on any atom is -0.440 e. The molecule has 0 radical (unpaired) electrons. The van der Waals surface area contributed by atoms with Crippen molar-refractivity contribution < 1.29 is 4.42 Å². The van der Waals surface area contributed by atoms with Crippen LogP contribution in [0.25, 0.3) is 22.7 Å². The maximum absolute atomic E-state index is 5.94. The third-order valence-corrected chi connectivity index (χ3v) is 5.27. The Kier molecular flexibility index (Phi) is 5.60. The first kappa shape index (κ1) is 18.5. The van der Waals surface area contributed by atoms with Crippen LogP contribution in [0.15, 0.2) is 83.0 Å². The number of aromatic nitrogens is 4. The van der Waals surface area contributed by atoms with E-state index in [9.17, 15) is 0 Å². The number of thioether (sulfide) groups is 1. The van der Waals surface area contributed by atoms with E-state index < -0.39 is 0 Å². The molecule has 0 bridgehead atoms. The zero-order chi connectivity index (χ0) is 19.3. The second-order valence-corrected chi connectivity index (χ2v) is 7.36. The van der Waals surface area contributed by atoms with Crippen LogP contribution in [0.2, 0.25) is 5.02 Å². The van der Waals surface area contributed by atoms with Crippen LogP contribution in [0.3, 0.4) is 0 Å². The van der Waals surface area contributed by atoms with Crippen LogP contribution in [0.1, 0.15) is 5.89 Å². The van der Waals surface area contributed by atoms with Crippen molar-refractivity contribution in [3.63, 3.8) is 0 Å². The zero-order valence-corrected chi connectivity index (χ0v) is 16.5. The van der Waals surface area contributed by atoms with Gasteiger partial charge < -0.3 is 4.42 Å². The van der Waals surface area contributed by atoms with Crippen LogP contribution in [0.5, 0.6) is 0 Å². The van der Waals surface area contributed by atoms with Gasteiger partial charge in [-0.1, -0.05) is 59.8 Å². The van der Waals surface area contributed by atoms with Crippen LogP contribution in [0.4, 0.5) is 0 Å². The lowest BCUT2D eigenvalue weighted by Gasteiger charge is -2.07. The lowest BCUT2D eigenvalue weighted by molar-refractivity contribution is 0.529. The average Bonchev–Trinajstić information content (AvgIpc) is 3.35. The predicted octanol–water partition coefficient (Wildman–Crippen LogP) is 5.73.